The third-order valence-corrected chi connectivity index (χ3v) is 11.4. The summed E-state index contributed by atoms with van der Waals surface area (Å²) in [6.07, 6.45) is -2.75. The summed E-state index contributed by atoms with van der Waals surface area (Å²) in [5, 5.41) is 79.0. The van der Waals surface area contributed by atoms with Crippen molar-refractivity contribution >= 4 is 71.0 Å². The molecule has 29 nitrogen and oxygen atoms in total. The van der Waals surface area contributed by atoms with Crippen molar-refractivity contribution in [2.24, 2.45) is 23.3 Å². The molecule has 2 rings (SSSR count). The second kappa shape index (κ2) is 33.0. The molecular formula is C49H71N11O18. The minimum Gasteiger partial charge on any atom is -0.508 e. The molecule has 0 aromatic heterocycles. The number of nitrogens with one attached hydrogen (secondary N) is 9. The number of nitrogens with two attached hydrogens (primary N) is 2. The molecule has 0 saturated heterocycles. The minimum atomic E-state index is -1.94. The molecule has 2 aromatic rings. The third kappa shape index (κ3) is 23.3. The van der Waals surface area contributed by atoms with Crippen LogP contribution in [0.2, 0.25) is 0 Å². The lowest BCUT2D eigenvalue weighted by Crippen LogP contribution is -2.61. The Kier molecular flexibility index (Phi) is 27.9. The second-order valence-corrected chi connectivity index (χ2v) is 18.7. The number of amides is 10. The molecule has 430 valence electrons. The van der Waals surface area contributed by atoms with Crippen LogP contribution in [0.25, 0.3) is 0 Å². The van der Waals surface area contributed by atoms with Crippen molar-refractivity contribution in [2.45, 2.75) is 121 Å². The van der Waals surface area contributed by atoms with Crippen LogP contribution in [0.3, 0.4) is 0 Å². The maximum absolute atomic E-state index is 14.2. The Morgan fingerprint density at radius 3 is 1.45 bits per heavy atom. The van der Waals surface area contributed by atoms with Crippen molar-refractivity contribution in [3.05, 3.63) is 65.7 Å². The standard InChI is InChI=1S/C49H71N11O18/c1-24(2)16-34(49(77)78)58-46(74)35(22-62)53-38(66)20-52-48(76)40(25(3)4)60-42(70)30(14-15-39(67)68)54-43(71)32(18-27-10-12-28(64)13-11-27)56-47(75)36(23-63)59-45(73)33(19-37(51)65)57-44(72)31(55-41(69)29(50)21-61)17-26-8-6-5-7-9-26/h5-13,24-25,29-36,40,61-64H,14-23,50H2,1-4H3,(H2,51,65)(H,52,76)(H,53,66)(H,54,71)(H,55,69)(H,56,75)(H,57,72)(H,58,74)(H,59,73)(H,60,70)(H,67,68)(H,77,78)/t29-,30-,31-,32-,33-,34-,35-,36-,40-/m0/s1. The molecule has 0 heterocycles. The van der Waals surface area contributed by atoms with E-state index in [9.17, 15) is 88.2 Å². The van der Waals surface area contributed by atoms with Crippen LogP contribution in [0.5, 0.6) is 5.75 Å². The Morgan fingerprint density at radius 2 is 0.962 bits per heavy atom. The van der Waals surface area contributed by atoms with Crippen LogP contribution >= 0.6 is 0 Å². The van der Waals surface area contributed by atoms with Crippen molar-refractivity contribution in [2.75, 3.05) is 26.4 Å². The van der Waals surface area contributed by atoms with Crippen LogP contribution in [0.1, 0.15) is 64.5 Å². The average Bonchev–Trinajstić information content (AvgIpc) is 3.38. The van der Waals surface area contributed by atoms with E-state index < -0.39 is 183 Å². The number of aliphatic hydroxyl groups excluding tert-OH is 3. The normalized spacial score (nSPS) is 14.5. The molecule has 0 fully saturated rings. The molecule has 29 heteroatoms. The number of benzene rings is 2. The van der Waals surface area contributed by atoms with E-state index in [1.54, 1.807) is 44.2 Å². The second-order valence-electron chi connectivity index (χ2n) is 18.7. The zero-order valence-electron chi connectivity index (χ0n) is 43.4. The van der Waals surface area contributed by atoms with Gasteiger partial charge in [0.25, 0.3) is 0 Å². The minimum absolute atomic E-state index is 0.0385. The van der Waals surface area contributed by atoms with Gasteiger partial charge in [0.05, 0.1) is 32.8 Å². The van der Waals surface area contributed by atoms with Crippen molar-refractivity contribution in [3.8, 4) is 5.75 Å². The fourth-order valence-electron chi connectivity index (χ4n) is 7.20. The first-order chi connectivity index (χ1) is 36.7. The highest BCUT2D eigenvalue weighted by Crippen LogP contribution is 2.14. The Labute approximate surface area is 447 Å². The van der Waals surface area contributed by atoms with E-state index in [-0.39, 0.29) is 30.1 Å². The number of rotatable bonds is 34. The number of hydrogen-bond donors (Lipinski definition) is 17. The highest BCUT2D eigenvalue weighted by atomic mass is 16.4. The van der Waals surface area contributed by atoms with Crippen LogP contribution in [0.4, 0.5) is 0 Å². The van der Waals surface area contributed by atoms with Gasteiger partial charge in [-0.15, -0.1) is 0 Å². The number of aromatic hydroxyl groups is 1. The summed E-state index contributed by atoms with van der Waals surface area (Å²) < 4.78 is 0. The molecule has 0 saturated carbocycles. The molecule has 0 aliphatic carbocycles. The predicted molar refractivity (Wildman–Crippen MR) is 272 cm³/mol. The van der Waals surface area contributed by atoms with E-state index in [1.807, 2.05) is 0 Å². The maximum Gasteiger partial charge on any atom is 0.326 e. The Hall–Kier alpha value is -8.28. The number of carboxylic acids is 2. The van der Waals surface area contributed by atoms with Crippen LogP contribution in [0, 0.1) is 11.8 Å². The number of carboxylic acid groups (broad SMARTS) is 2. The van der Waals surface area contributed by atoms with Crippen molar-refractivity contribution < 1.29 is 88.2 Å². The monoisotopic (exact) mass is 1100 g/mol. The van der Waals surface area contributed by atoms with Crippen molar-refractivity contribution in [3.63, 3.8) is 0 Å². The van der Waals surface area contributed by atoms with Gasteiger partial charge in [0.1, 0.15) is 60.1 Å². The summed E-state index contributed by atoms with van der Waals surface area (Å²) in [7, 11) is 0. The lowest BCUT2D eigenvalue weighted by molar-refractivity contribution is -0.143. The van der Waals surface area contributed by atoms with E-state index >= 15 is 0 Å². The van der Waals surface area contributed by atoms with Crippen molar-refractivity contribution in [1.29, 1.82) is 0 Å². The van der Waals surface area contributed by atoms with E-state index in [0.717, 1.165) is 0 Å². The van der Waals surface area contributed by atoms with Gasteiger partial charge in [0.2, 0.25) is 59.1 Å². The topological polar surface area (TPSA) is 487 Å². The molecule has 78 heavy (non-hydrogen) atoms. The molecular weight excluding hydrogens is 1030 g/mol. The predicted octanol–water partition coefficient (Wildman–Crippen LogP) is -6.00. The number of phenols is 1. The number of carbonyl (C=O) groups is 12. The summed E-state index contributed by atoms with van der Waals surface area (Å²) >= 11 is 0. The molecule has 0 radical (unpaired) electrons. The summed E-state index contributed by atoms with van der Waals surface area (Å²) in [5.74, 6) is -14.7. The number of hydrogen-bond acceptors (Lipinski definition) is 17. The summed E-state index contributed by atoms with van der Waals surface area (Å²) in [5.41, 5.74) is 11.8. The third-order valence-electron chi connectivity index (χ3n) is 11.4. The van der Waals surface area contributed by atoms with E-state index in [1.165, 1.54) is 38.1 Å². The molecule has 0 spiro atoms. The van der Waals surface area contributed by atoms with Gasteiger partial charge in [-0.1, -0.05) is 70.2 Å². The molecule has 9 atom stereocenters. The molecule has 0 unspecified atom stereocenters. The number of aliphatic carboxylic acids is 2. The SMILES string of the molecule is CC(C)C[C@H](NC(=O)[C@H](CO)NC(=O)CNC(=O)[C@@H](NC(=O)[C@H](CCC(=O)O)NC(=O)[C@H](Cc1ccc(O)cc1)NC(=O)[C@H](CO)NC(=O)[C@H](CC(N)=O)NC(=O)[C@H](Cc1ccccc1)NC(=O)[C@@H](N)CO)C(C)C)C(=O)O. The quantitative estimate of drug-likeness (QED) is 0.0310. The first-order valence-corrected chi connectivity index (χ1v) is 24.5. The Morgan fingerprint density at radius 1 is 0.513 bits per heavy atom. The highest BCUT2D eigenvalue weighted by Gasteiger charge is 2.36. The van der Waals surface area contributed by atoms with Crippen LogP contribution < -0.4 is 59.3 Å². The fraction of sp³-hybridized carbons (Fsp3) is 0.510. The van der Waals surface area contributed by atoms with Crippen LogP contribution in [-0.2, 0) is 70.4 Å². The Balaban J connectivity index is 2.36. The van der Waals surface area contributed by atoms with Crippen LogP contribution in [0.15, 0.2) is 54.6 Å². The van der Waals surface area contributed by atoms with Gasteiger partial charge in [-0.2, -0.15) is 0 Å². The number of phenolic OH excluding ortho intramolecular Hbond substituents is 1. The number of carbonyl (C=O) groups excluding carboxylic acids is 10. The molecule has 19 N–H and O–H groups in total. The van der Waals surface area contributed by atoms with Gasteiger partial charge in [-0.3, -0.25) is 52.7 Å². The van der Waals surface area contributed by atoms with Gasteiger partial charge in [-0.05, 0) is 47.9 Å². The van der Waals surface area contributed by atoms with E-state index in [2.05, 4.69) is 47.9 Å². The van der Waals surface area contributed by atoms with Gasteiger partial charge >= 0.3 is 11.9 Å². The van der Waals surface area contributed by atoms with Gasteiger partial charge in [0, 0.05) is 19.3 Å². The van der Waals surface area contributed by atoms with E-state index in [4.69, 9.17) is 11.5 Å². The van der Waals surface area contributed by atoms with Gasteiger partial charge in [-0.25, -0.2) is 4.79 Å². The summed E-state index contributed by atoms with van der Waals surface area (Å²) in [6.45, 7) is 2.69. The lowest BCUT2D eigenvalue weighted by Gasteiger charge is -2.28. The summed E-state index contributed by atoms with van der Waals surface area (Å²) in [4.78, 5) is 156. The van der Waals surface area contributed by atoms with E-state index in [0.29, 0.717) is 5.56 Å². The van der Waals surface area contributed by atoms with Gasteiger partial charge in [0.15, 0.2) is 0 Å². The largest absolute Gasteiger partial charge is 0.508 e. The number of primary amides is 1. The zero-order valence-corrected chi connectivity index (χ0v) is 43.4. The Bertz CT molecular complexity index is 2410. The summed E-state index contributed by atoms with van der Waals surface area (Å²) in [6, 6.07) is -1.17. The molecule has 0 bridgehead atoms. The van der Waals surface area contributed by atoms with Gasteiger partial charge < -0.3 is 90.0 Å². The highest BCUT2D eigenvalue weighted by molar-refractivity contribution is 5.99. The fourth-order valence-corrected chi connectivity index (χ4v) is 7.20. The average molecular weight is 1100 g/mol. The van der Waals surface area contributed by atoms with Crippen molar-refractivity contribution in [1.82, 2.24) is 47.9 Å². The number of aliphatic hydroxyl groups is 3. The first kappa shape index (κ1) is 65.8. The smallest absolute Gasteiger partial charge is 0.326 e. The maximum atomic E-state index is 14.2. The van der Waals surface area contributed by atoms with Crippen LogP contribution in [-0.4, -0.2) is 182 Å². The first-order valence-electron chi connectivity index (χ1n) is 24.5. The molecule has 10 amide bonds. The molecule has 0 aliphatic heterocycles. The molecule has 2 aromatic carbocycles. The lowest BCUT2D eigenvalue weighted by atomic mass is 10.0. The zero-order chi connectivity index (χ0) is 58.8. The molecule has 0 aliphatic rings.